The molecular formula is C16H32O2Si. The molecule has 0 aliphatic carbocycles. The maximum Gasteiger partial charge on any atom is 0.192 e. The Morgan fingerprint density at radius 1 is 1.16 bits per heavy atom. The van der Waals surface area contributed by atoms with E-state index in [4.69, 9.17) is 4.43 Å². The average molecular weight is 285 g/mol. The minimum Gasteiger partial charge on any atom is -0.411 e. The quantitative estimate of drug-likeness (QED) is 0.241. The minimum atomic E-state index is -1.69. The zero-order valence-corrected chi connectivity index (χ0v) is 14.5. The highest BCUT2D eigenvalue weighted by Gasteiger charge is 2.38. The fourth-order valence-corrected chi connectivity index (χ4v) is 3.03. The van der Waals surface area contributed by atoms with Crippen LogP contribution >= 0.6 is 0 Å². The van der Waals surface area contributed by atoms with Crippen molar-refractivity contribution in [3.05, 3.63) is 12.7 Å². The summed E-state index contributed by atoms with van der Waals surface area (Å²) in [6.45, 7) is 15.3. The molecule has 2 nitrogen and oxygen atoms in total. The van der Waals surface area contributed by atoms with Crippen LogP contribution in [-0.2, 0) is 9.22 Å². The summed E-state index contributed by atoms with van der Waals surface area (Å²) in [5, 5.41) is 0.248. The first-order valence-corrected chi connectivity index (χ1v) is 10.4. The van der Waals surface area contributed by atoms with Crippen LogP contribution in [0.3, 0.4) is 0 Å². The van der Waals surface area contributed by atoms with Crippen molar-refractivity contribution in [2.24, 2.45) is 0 Å². The maximum absolute atomic E-state index is 10.2. The van der Waals surface area contributed by atoms with Crippen LogP contribution < -0.4 is 0 Å². The number of aldehydes is 1. The SMILES string of the molecule is C=CC(CCCCCCC=O)O[Si](C)(C)C(C)(C)C. The van der Waals surface area contributed by atoms with Gasteiger partial charge in [0.15, 0.2) is 8.32 Å². The zero-order valence-electron chi connectivity index (χ0n) is 13.5. The summed E-state index contributed by atoms with van der Waals surface area (Å²) in [7, 11) is -1.69. The predicted octanol–water partition coefficient (Wildman–Crippen LogP) is 5.10. The lowest BCUT2D eigenvalue weighted by atomic mass is 10.1. The van der Waals surface area contributed by atoms with E-state index in [1.807, 2.05) is 6.08 Å². The monoisotopic (exact) mass is 284 g/mol. The Balaban J connectivity index is 4.02. The van der Waals surface area contributed by atoms with Gasteiger partial charge in [0.2, 0.25) is 0 Å². The molecule has 0 amide bonds. The van der Waals surface area contributed by atoms with E-state index in [0.29, 0.717) is 6.42 Å². The molecule has 0 aromatic rings. The van der Waals surface area contributed by atoms with E-state index < -0.39 is 8.32 Å². The van der Waals surface area contributed by atoms with Gasteiger partial charge in [-0.1, -0.05) is 46.1 Å². The van der Waals surface area contributed by atoms with Crippen molar-refractivity contribution in [2.75, 3.05) is 0 Å². The Morgan fingerprint density at radius 2 is 1.74 bits per heavy atom. The molecule has 0 bridgehead atoms. The fraction of sp³-hybridized carbons (Fsp3) is 0.812. The van der Waals surface area contributed by atoms with Gasteiger partial charge in [0, 0.05) is 6.42 Å². The molecule has 0 spiro atoms. The summed E-state index contributed by atoms with van der Waals surface area (Å²) in [6.07, 6.45) is 9.39. The Hall–Kier alpha value is -0.413. The molecule has 0 aliphatic rings. The summed E-state index contributed by atoms with van der Waals surface area (Å²) >= 11 is 0. The van der Waals surface area contributed by atoms with Crippen LogP contribution in [0.2, 0.25) is 18.1 Å². The summed E-state index contributed by atoms with van der Waals surface area (Å²) in [5.41, 5.74) is 0. The van der Waals surface area contributed by atoms with E-state index >= 15 is 0 Å². The van der Waals surface area contributed by atoms with E-state index in [2.05, 4.69) is 40.4 Å². The normalized spacial score (nSPS) is 14.2. The lowest BCUT2D eigenvalue weighted by molar-refractivity contribution is -0.107. The van der Waals surface area contributed by atoms with E-state index in [-0.39, 0.29) is 11.1 Å². The van der Waals surface area contributed by atoms with Crippen LogP contribution in [0.5, 0.6) is 0 Å². The van der Waals surface area contributed by atoms with E-state index in [0.717, 1.165) is 32.0 Å². The standard InChI is InChI=1S/C16H32O2Si/c1-7-15(13-11-9-8-10-12-14-17)18-19(5,6)16(2,3)4/h7,14-15H,1,8-13H2,2-6H3. The molecule has 0 saturated carbocycles. The van der Waals surface area contributed by atoms with Crippen LogP contribution in [0.25, 0.3) is 0 Å². The first-order valence-electron chi connectivity index (χ1n) is 7.48. The molecule has 112 valence electrons. The van der Waals surface area contributed by atoms with Crippen molar-refractivity contribution >= 4 is 14.6 Å². The van der Waals surface area contributed by atoms with Gasteiger partial charge in [-0.05, 0) is 31.0 Å². The molecule has 1 atom stereocenters. The summed E-state index contributed by atoms with van der Waals surface area (Å²) < 4.78 is 6.34. The molecule has 0 rings (SSSR count). The van der Waals surface area contributed by atoms with Crippen LogP contribution in [0, 0.1) is 0 Å². The largest absolute Gasteiger partial charge is 0.411 e. The van der Waals surface area contributed by atoms with Gasteiger partial charge in [-0.2, -0.15) is 0 Å². The molecule has 19 heavy (non-hydrogen) atoms. The Kier molecular flexibility index (Phi) is 8.51. The van der Waals surface area contributed by atoms with Gasteiger partial charge in [0.05, 0.1) is 6.10 Å². The Bertz CT molecular complexity index is 266. The number of unbranched alkanes of at least 4 members (excludes halogenated alkanes) is 4. The van der Waals surface area contributed by atoms with E-state index in [9.17, 15) is 4.79 Å². The van der Waals surface area contributed by atoms with Gasteiger partial charge >= 0.3 is 0 Å². The lowest BCUT2D eigenvalue weighted by Crippen LogP contribution is -2.43. The average Bonchev–Trinajstić information content (AvgIpc) is 2.30. The first-order chi connectivity index (χ1) is 8.74. The summed E-state index contributed by atoms with van der Waals surface area (Å²) in [5.74, 6) is 0. The Morgan fingerprint density at radius 3 is 2.21 bits per heavy atom. The molecular weight excluding hydrogens is 252 g/mol. The third kappa shape index (κ3) is 7.68. The maximum atomic E-state index is 10.2. The second kappa shape index (κ2) is 8.70. The van der Waals surface area contributed by atoms with Gasteiger partial charge in [0.25, 0.3) is 0 Å². The number of rotatable bonds is 10. The molecule has 3 heteroatoms. The number of hydrogen-bond donors (Lipinski definition) is 0. The van der Waals surface area contributed by atoms with Gasteiger partial charge in [-0.3, -0.25) is 0 Å². The van der Waals surface area contributed by atoms with Crippen LogP contribution in [-0.4, -0.2) is 20.7 Å². The first kappa shape index (κ1) is 18.6. The molecule has 0 aromatic heterocycles. The molecule has 0 saturated heterocycles. The van der Waals surface area contributed by atoms with Gasteiger partial charge in [-0.15, -0.1) is 6.58 Å². The van der Waals surface area contributed by atoms with E-state index in [1.165, 1.54) is 6.42 Å². The number of carbonyl (C=O) groups is 1. The number of carbonyl (C=O) groups excluding carboxylic acids is 1. The molecule has 0 radical (unpaired) electrons. The molecule has 1 unspecified atom stereocenters. The van der Waals surface area contributed by atoms with Gasteiger partial charge in [0.1, 0.15) is 6.29 Å². The topological polar surface area (TPSA) is 26.3 Å². The van der Waals surface area contributed by atoms with Crippen molar-refractivity contribution in [3.8, 4) is 0 Å². The highest BCUT2D eigenvalue weighted by atomic mass is 28.4. The Labute approximate surface area is 120 Å². The summed E-state index contributed by atoms with van der Waals surface area (Å²) in [4.78, 5) is 10.2. The molecule has 0 N–H and O–H groups in total. The fourth-order valence-electron chi connectivity index (χ4n) is 1.71. The second-order valence-corrected chi connectivity index (χ2v) is 11.6. The van der Waals surface area contributed by atoms with Gasteiger partial charge in [-0.25, -0.2) is 0 Å². The van der Waals surface area contributed by atoms with Crippen molar-refractivity contribution in [3.63, 3.8) is 0 Å². The smallest absolute Gasteiger partial charge is 0.192 e. The van der Waals surface area contributed by atoms with Gasteiger partial charge < -0.3 is 9.22 Å². The molecule has 0 fully saturated rings. The highest BCUT2D eigenvalue weighted by molar-refractivity contribution is 6.74. The van der Waals surface area contributed by atoms with Crippen LogP contribution in [0.15, 0.2) is 12.7 Å². The van der Waals surface area contributed by atoms with Crippen molar-refractivity contribution in [1.82, 2.24) is 0 Å². The number of hydrogen-bond acceptors (Lipinski definition) is 2. The van der Waals surface area contributed by atoms with Crippen molar-refractivity contribution < 1.29 is 9.22 Å². The lowest BCUT2D eigenvalue weighted by Gasteiger charge is -2.38. The third-order valence-corrected chi connectivity index (χ3v) is 8.58. The third-order valence-electron chi connectivity index (χ3n) is 4.08. The van der Waals surface area contributed by atoms with Crippen LogP contribution in [0.4, 0.5) is 0 Å². The van der Waals surface area contributed by atoms with Crippen molar-refractivity contribution in [2.45, 2.75) is 83.5 Å². The van der Waals surface area contributed by atoms with E-state index in [1.54, 1.807) is 0 Å². The molecule has 0 aromatic carbocycles. The second-order valence-electron chi connectivity index (χ2n) is 6.81. The molecule has 0 heterocycles. The van der Waals surface area contributed by atoms with Crippen molar-refractivity contribution in [1.29, 1.82) is 0 Å². The summed E-state index contributed by atoms with van der Waals surface area (Å²) in [6, 6.07) is 0. The molecule has 0 aliphatic heterocycles. The van der Waals surface area contributed by atoms with Crippen LogP contribution in [0.1, 0.15) is 59.3 Å². The zero-order chi connectivity index (χ0) is 14.9. The minimum absolute atomic E-state index is 0.187. The predicted molar refractivity (Wildman–Crippen MR) is 86.0 cm³/mol. The highest BCUT2D eigenvalue weighted by Crippen LogP contribution is 2.37.